The number of thiazole rings is 1. The van der Waals surface area contributed by atoms with E-state index in [-0.39, 0.29) is 23.6 Å². The lowest BCUT2D eigenvalue weighted by Crippen LogP contribution is -2.12. The largest absolute Gasteiger partial charge is 0.494 e. The van der Waals surface area contributed by atoms with Gasteiger partial charge in [0.05, 0.1) is 12.3 Å². The molecule has 140 valence electrons. The van der Waals surface area contributed by atoms with Crippen molar-refractivity contribution in [3.63, 3.8) is 0 Å². The van der Waals surface area contributed by atoms with Gasteiger partial charge < -0.3 is 10.1 Å². The summed E-state index contributed by atoms with van der Waals surface area (Å²) < 4.78 is 32.7. The summed E-state index contributed by atoms with van der Waals surface area (Å²) in [7, 11) is 0. The first-order valence-electron chi connectivity index (χ1n) is 8.41. The molecule has 2 aromatic carbocycles. The molecule has 1 aromatic heterocycles. The highest BCUT2D eigenvalue weighted by atomic mass is 32.1. The van der Waals surface area contributed by atoms with E-state index in [9.17, 15) is 13.6 Å². The van der Waals surface area contributed by atoms with Gasteiger partial charge in [-0.15, -0.1) is 11.3 Å². The van der Waals surface area contributed by atoms with Crippen molar-refractivity contribution in [2.75, 3.05) is 11.9 Å². The van der Waals surface area contributed by atoms with Crippen LogP contribution in [0.2, 0.25) is 0 Å². The number of aromatic nitrogens is 1. The van der Waals surface area contributed by atoms with Gasteiger partial charge in [-0.05, 0) is 43.7 Å². The molecule has 0 saturated heterocycles. The van der Waals surface area contributed by atoms with Crippen molar-refractivity contribution in [1.29, 1.82) is 0 Å². The number of amides is 1. The molecule has 1 amide bonds. The van der Waals surface area contributed by atoms with E-state index in [1.54, 1.807) is 5.38 Å². The maximum absolute atomic E-state index is 13.8. The molecule has 3 rings (SSSR count). The number of anilines is 1. The lowest BCUT2D eigenvalue weighted by atomic mass is 10.1. The molecule has 0 fully saturated rings. The topological polar surface area (TPSA) is 51.2 Å². The molecule has 1 heterocycles. The van der Waals surface area contributed by atoms with Crippen LogP contribution < -0.4 is 10.1 Å². The van der Waals surface area contributed by atoms with Gasteiger partial charge in [-0.3, -0.25) is 4.79 Å². The van der Waals surface area contributed by atoms with Crippen molar-refractivity contribution in [3.05, 3.63) is 65.0 Å². The predicted molar refractivity (Wildman–Crippen MR) is 102 cm³/mol. The van der Waals surface area contributed by atoms with Gasteiger partial charge in [0.2, 0.25) is 5.91 Å². The number of ether oxygens (including phenoxy) is 1. The highest BCUT2D eigenvalue weighted by Crippen LogP contribution is 2.27. The molecule has 7 heteroatoms. The number of nitrogens with one attached hydrogen (secondary N) is 1. The number of carbonyl (C=O) groups excluding carboxylic acids is 1. The molecule has 0 bridgehead atoms. The molecule has 0 atom stereocenters. The van der Waals surface area contributed by atoms with Gasteiger partial charge in [0.1, 0.15) is 17.4 Å². The fourth-order valence-electron chi connectivity index (χ4n) is 2.39. The van der Waals surface area contributed by atoms with Gasteiger partial charge in [-0.2, -0.15) is 0 Å². The van der Waals surface area contributed by atoms with E-state index in [4.69, 9.17) is 4.74 Å². The van der Waals surface area contributed by atoms with Crippen LogP contribution in [-0.4, -0.2) is 17.5 Å². The minimum atomic E-state index is -0.562. The number of halogens is 2. The van der Waals surface area contributed by atoms with Gasteiger partial charge in [0.15, 0.2) is 5.13 Å². The second kappa shape index (κ2) is 8.73. The Labute approximate surface area is 159 Å². The average molecular weight is 388 g/mol. The lowest BCUT2D eigenvalue weighted by Gasteiger charge is -2.06. The van der Waals surface area contributed by atoms with Gasteiger partial charge in [0.25, 0.3) is 0 Å². The summed E-state index contributed by atoms with van der Waals surface area (Å²) in [5.41, 5.74) is 1.51. The van der Waals surface area contributed by atoms with Crippen LogP contribution in [0.4, 0.5) is 13.9 Å². The first kappa shape index (κ1) is 19.0. The van der Waals surface area contributed by atoms with Gasteiger partial charge >= 0.3 is 0 Å². The maximum Gasteiger partial charge on any atom is 0.226 e. The number of nitrogens with zero attached hydrogens (tertiary/aromatic N) is 1. The molecule has 0 radical (unpaired) electrons. The molecule has 0 unspecified atom stereocenters. The maximum atomic E-state index is 13.8. The van der Waals surface area contributed by atoms with Crippen molar-refractivity contribution in [1.82, 2.24) is 4.98 Å². The molecule has 0 saturated carbocycles. The summed E-state index contributed by atoms with van der Waals surface area (Å²) in [5, 5.41) is 4.59. The molecule has 0 aliphatic heterocycles. The van der Waals surface area contributed by atoms with Crippen molar-refractivity contribution in [2.24, 2.45) is 0 Å². The van der Waals surface area contributed by atoms with Crippen LogP contribution in [0.1, 0.15) is 18.4 Å². The number of aryl methyl sites for hydroxylation is 1. The lowest BCUT2D eigenvalue weighted by molar-refractivity contribution is -0.116. The first-order valence-corrected chi connectivity index (χ1v) is 9.29. The number of carbonyl (C=O) groups is 1. The Morgan fingerprint density at radius 1 is 1.19 bits per heavy atom. The first-order chi connectivity index (χ1) is 13.0. The van der Waals surface area contributed by atoms with Crippen LogP contribution in [-0.2, 0) is 4.79 Å². The zero-order valence-electron chi connectivity index (χ0n) is 14.7. The fraction of sp³-hybridized carbons (Fsp3) is 0.200. The van der Waals surface area contributed by atoms with Crippen molar-refractivity contribution in [2.45, 2.75) is 19.8 Å². The van der Waals surface area contributed by atoms with E-state index >= 15 is 0 Å². The van der Waals surface area contributed by atoms with E-state index in [1.165, 1.54) is 0 Å². The minimum absolute atomic E-state index is 0.0678. The van der Waals surface area contributed by atoms with Crippen LogP contribution in [0.15, 0.2) is 47.8 Å². The molecular formula is C20H18F2N2O2S. The third-order valence-corrected chi connectivity index (χ3v) is 4.55. The van der Waals surface area contributed by atoms with Gasteiger partial charge in [-0.1, -0.05) is 17.7 Å². The zero-order chi connectivity index (χ0) is 19.2. The SMILES string of the molecule is Cc1ccc(OCCCC(=O)Nc2nc(-c3cc(F)ccc3F)cs2)cc1. The monoisotopic (exact) mass is 388 g/mol. The molecule has 1 N–H and O–H groups in total. The third kappa shape index (κ3) is 5.34. The summed E-state index contributed by atoms with van der Waals surface area (Å²) in [6, 6.07) is 10.9. The van der Waals surface area contributed by atoms with Crippen molar-refractivity contribution < 1.29 is 18.3 Å². The third-order valence-electron chi connectivity index (χ3n) is 3.79. The molecule has 0 aliphatic rings. The molecule has 27 heavy (non-hydrogen) atoms. The number of benzene rings is 2. The highest BCUT2D eigenvalue weighted by Gasteiger charge is 2.12. The summed E-state index contributed by atoms with van der Waals surface area (Å²) in [5.74, 6) is -0.544. The Balaban J connectivity index is 1.48. The Bertz CT molecular complexity index is 926. The van der Waals surface area contributed by atoms with Crippen LogP contribution in [0.25, 0.3) is 11.3 Å². The van der Waals surface area contributed by atoms with E-state index in [2.05, 4.69) is 10.3 Å². The highest BCUT2D eigenvalue weighted by molar-refractivity contribution is 7.14. The van der Waals surface area contributed by atoms with E-state index in [0.29, 0.717) is 18.2 Å². The Morgan fingerprint density at radius 2 is 1.96 bits per heavy atom. The van der Waals surface area contributed by atoms with E-state index in [0.717, 1.165) is 40.8 Å². The quantitative estimate of drug-likeness (QED) is 0.567. The summed E-state index contributed by atoms with van der Waals surface area (Å²) in [6.45, 7) is 2.43. The Kier molecular flexibility index (Phi) is 6.13. The second-order valence-electron chi connectivity index (χ2n) is 5.98. The Morgan fingerprint density at radius 3 is 2.74 bits per heavy atom. The molecule has 0 spiro atoms. The van der Waals surface area contributed by atoms with Crippen LogP contribution in [0, 0.1) is 18.6 Å². The molecule has 3 aromatic rings. The average Bonchev–Trinajstić information content (AvgIpc) is 3.10. The summed E-state index contributed by atoms with van der Waals surface area (Å²) in [4.78, 5) is 16.2. The summed E-state index contributed by atoms with van der Waals surface area (Å²) >= 11 is 1.16. The van der Waals surface area contributed by atoms with E-state index < -0.39 is 11.6 Å². The number of rotatable bonds is 7. The van der Waals surface area contributed by atoms with Gasteiger partial charge in [-0.25, -0.2) is 13.8 Å². The molecule has 0 aliphatic carbocycles. The predicted octanol–water partition coefficient (Wildman–Crippen LogP) is 5.19. The smallest absolute Gasteiger partial charge is 0.226 e. The normalized spacial score (nSPS) is 10.6. The standard InChI is InChI=1S/C20H18F2N2O2S/c1-13-4-7-15(8-5-13)26-10-2-3-19(25)24-20-23-18(12-27-20)16-11-14(21)6-9-17(16)22/h4-9,11-12H,2-3,10H2,1H3,(H,23,24,25). The van der Waals surface area contributed by atoms with Crippen molar-refractivity contribution in [3.8, 4) is 17.0 Å². The van der Waals surface area contributed by atoms with Crippen molar-refractivity contribution >= 4 is 22.4 Å². The summed E-state index contributed by atoms with van der Waals surface area (Å²) in [6.07, 6.45) is 0.825. The van der Waals surface area contributed by atoms with Crippen LogP contribution in [0.3, 0.4) is 0 Å². The van der Waals surface area contributed by atoms with Gasteiger partial charge in [0, 0.05) is 17.4 Å². The minimum Gasteiger partial charge on any atom is -0.494 e. The fourth-order valence-corrected chi connectivity index (χ4v) is 3.11. The molecular weight excluding hydrogens is 370 g/mol. The number of hydrogen-bond acceptors (Lipinski definition) is 4. The Hall–Kier alpha value is -2.80. The van der Waals surface area contributed by atoms with Crippen LogP contribution >= 0.6 is 11.3 Å². The zero-order valence-corrected chi connectivity index (χ0v) is 15.5. The second-order valence-corrected chi connectivity index (χ2v) is 6.83. The van der Waals surface area contributed by atoms with Crippen LogP contribution in [0.5, 0.6) is 5.75 Å². The van der Waals surface area contributed by atoms with E-state index in [1.807, 2.05) is 31.2 Å². The number of hydrogen-bond donors (Lipinski definition) is 1. The molecule has 4 nitrogen and oxygen atoms in total.